The van der Waals surface area contributed by atoms with Crippen LogP contribution in [0, 0.1) is 13.8 Å². The van der Waals surface area contributed by atoms with Gasteiger partial charge in [-0.1, -0.05) is 0 Å². The van der Waals surface area contributed by atoms with Crippen molar-refractivity contribution >= 4 is 33.4 Å². The smallest absolute Gasteiger partial charge is 0.257 e. The predicted octanol–water partition coefficient (Wildman–Crippen LogP) is 3.56. The molecule has 1 aliphatic heterocycles. The topological polar surface area (TPSA) is 80.2 Å². The van der Waals surface area contributed by atoms with Crippen LogP contribution in [-0.4, -0.2) is 51.1 Å². The van der Waals surface area contributed by atoms with Gasteiger partial charge in [-0.15, -0.1) is 11.3 Å². The van der Waals surface area contributed by atoms with Crippen LogP contribution in [0.5, 0.6) is 0 Å². The van der Waals surface area contributed by atoms with Gasteiger partial charge < -0.3 is 4.74 Å². The molecule has 8 heteroatoms. The summed E-state index contributed by atoms with van der Waals surface area (Å²) in [4.78, 5) is 28.6. The number of fused-ring (bicyclic) bond motifs is 1. The lowest BCUT2D eigenvalue weighted by molar-refractivity contribution is -0.0707. The number of carbonyl (C=O) groups excluding carboxylic acids is 1. The molecule has 0 saturated carbocycles. The number of carbonyl (C=O) groups is 1. The Hall–Kier alpha value is -2.42. The second kappa shape index (κ2) is 8.14. The number of morpholine rings is 1. The molecule has 1 N–H and O–H groups in total. The Labute approximate surface area is 174 Å². The lowest BCUT2D eigenvalue weighted by Gasteiger charge is -2.34. The minimum absolute atomic E-state index is 0.193. The second-order valence-electron chi connectivity index (χ2n) is 7.65. The van der Waals surface area contributed by atoms with E-state index < -0.39 is 0 Å². The summed E-state index contributed by atoms with van der Waals surface area (Å²) < 4.78 is 5.78. The summed E-state index contributed by atoms with van der Waals surface area (Å²) in [5.74, 6) is -0.193. The first-order chi connectivity index (χ1) is 13.9. The first-order valence-electron chi connectivity index (χ1n) is 9.76. The number of rotatable bonds is 4. The zero-order valence-corrected chi connectivity index (χ0v) is 17.9. The first-order valence-corrected chi connectivity index (χ1v) is 10.6. The quantitative estimate of drug-likeness (QED) is 0.707. The summed E-state index contributed by atoms with van der Waals surface area (Å²) in [7, 11) is 0. The van der Waals surface area contributed by atoms with Gasteiger partial charge in [0, 0.05) is 30.6 Å². The molecule has 2 aromatic heterocycles. The fourth-order valence-corrected chi connectivity index (χ4v) is 4.32. The number of hydrogen-bond acceptors (Lipinski definition) is 7. The van der Waals surface area contributed by atoms with Crippen LogP contribution < -0.4 is 5.32 Å². The minimum atomic E-state index is -0.193. The Balaban J connectivity index is 1.44. The van der Waals surface area contributed by atoms with Crippen LogP contribution in [0.15, 0.2) is 23.6 Å². The van der Waals surface area contributed by atoms with E-state index in [2.05, 4.69) is 39.0 Å². The highest BCUT2D eigenvalue weighted by molar-refractivity contribution is 7.14. The van der Waals surface area contributed by atoms with E-state index in [0.717, 1.165) is 47.7 Å². The van der Waals surface area contributed by atoms with Crippen molar-refractivity contribution in [3.05, 3.63) is 46.2 Å². The van der Waals surface area contributed by atoms with Crippen LogP contribution in [0.3, 0.4) is 0 Å². The van der Waals surface area contributed by atoms with E-state index in [1.807, 2.05) is 25.3 Å². The standard InChI is InChI=1S/C21H25N5O2S/c1-12-8-26(9-13(2)28-12)10-17-11-29-21(24-17)25-20(27)16-5-6-18-19(7-16)23-15(4)14(3)22-18/h5-7,11-13H,8-10H2,1-4H3,(H,24,25,27). The lowest BCUT2D eigenvalue weighted by Crippen LogP contribution is -2.44. The number of amides is 1. The van der Waals surface area contributed by atoms with Gasteiger partial charge >= 0.3 is 0 Å². The van der Waals surface area contributed by atoms with Crippen molar-refractivity contribution in [1.82, 2.24) is 19.9 Å². The number of anilines is 1. The van der Waals surface area contributed by atoms with Crippen LogP contribution in [-0.2, 0) is 11.3 Å². The second-order valence-corrected chi connectivity index (χ2v) is 8.51. The maximum absolute atomic E-state index is 12.7. The Bertz CT molecular complexity index is 1040. The average molecular weight is 412 g/mol. The molecule has 2 unspecified atom stereocenters. The van der Waals surface area contributed by atoms with E-state index in [0.29, 0.717) is 10.7 Å². The van der Waals surface area contributed by atoms with E-state index in [1.165, 1.54) is 11.3 Å². The lowest BCUT2D eigenvalue weighted by atomic mass is 10.1. The SMILES string of the molecule is Cc1nc2ccc(C(=O)Nc3nc(CN4CC(C)OC(C)C4)cs3)cc2nc1C. The van der Waals surface area contributed by atoms with Gasteiger partial charge in [0.2, 0.25) is 0 Å². The van der Waals surface area contributed by atoms with Gasteiger partial charge in [0.1, 0.15) is 0 Å². The molecule has 4 rings (SSSR count). The molecule has 152 valence electrons. The Morgan fingerprint density at radius 2 is 1.83 bits per heavy atom. The maximum atomic E-state index is 12.7. The summed E-state index contributed by atoms with van der Waals surface area (Å²) >= 11 is 1.44. The molecule has 1 aliphatic rings. The summed E-state index contributed by atoms with van der Waals surface area (Å²) in [5.41, 5.74) is 4.77. The van der Waals surface area contributed by atoms with Crippen molar-refractivity contribution in [2.24, 2.45) is 0 Å². The van der Waals surface area contributed by atoms with Crippen LogP contribution in [0.25, 0.3) is 11.0 Å². The third-order valence-electron chi connectivity index (χ3n) is 4.99. The molecule has 0 radical (unpaired) electrons. The van der Waals surface area contributed by atoms with Crippen LogP contribution in [0.2, 0.25) is 0 Å². The fourth-order valence-electron chi connectivity index (χ4n) is 3.62. The molecule has 1 amide bonds. The Morgan fingerprint density at radius 1 is 1.14 bits per heavy atom. The number of nitrogens with zero attached hydrogens (tertiary/aromatic N) is 4. The first kappa shape index (κ1) is 19.9. The van der Waals surface area contributed by atoms with Gasteiger partial charge in [-0.2, -0.15) is 0 Å². The molecule has 3 heterocycles. The summed E-state index contributed by atoms with van der Waals surface area (Å²) in [5, 5.41) is 5.50. The normalized spacial score (nSPS) is 20.1. The molecule has 1 aromatic carbocycles. The number of aryl methyl sites for hydroxylation is 2. The summed E-state index contributed by atoms with van der Waals surface area (Å²) in [6, 6.07) is 5.37. The predicted molar refractivity (Wildman–Crippen MR) is 114 cm³/mol. The molecule has 7 nitrogen and oxygen atoms in total. The van der Waals surface area contributed by atoms with E-state index >= 15 is 0 Å². The highest BCUT2D eigenvalue weighted by atomic mass is 32.1. The minimum Gasteiger partial charge on any atom is -0.373 e. The zero-order valence-electron chi connectivity index (χ0n) is 17.1. The average Bonchev–Trinajstić information content (AvgIpc) is 3.08. The van der Waals surface area contributed by atoms with Gasteiger partial charge in [0.15, 0.2) is 5.13 Å². The van der Waals surface area contributed by atoms with Gasteiger partial charge in [-0.05, 0) is 45.9 Å². The zero-order chi connectivity index (χ0) is 20.5. The molecule has 0 spiro atoms. The van der Waals surface area contributed by atoms with Gasteiger partial charge in [-0.25, -0.2) is 15.0 Å². The molecule has 1 saturated heterocycles. The van der Waals surface area contributed by atoms with Crippen LogP contribution in [0.4, 0.5) is 5.13 Å². The molecular formula is C21H25N5O2S. The Kier molecular flexibility index (Phi) is 5.58. The van der Waals surface area contributed by atoms with Crippen LogP contribution in [0.1, 0.15) is 41.3 Å². The van der Waals surface area contributed by atoms with Crippen molar-refractivity contribution in [3.63, 3.8) is 0 Å². The number of ether oxygens (including phenoxy) is 1. The number of hydrogen-bond donors (Lipinski definition) is 1. The third kappa shape index (κ3) is 4.60. The summed E-state index contributed by atoms with van der Waals surface area (Å²) in [6.45, 7) is 10.6. The monoisotopic (exact) mass is 411 g/mol. The largest absolute Gasteiger partial charge is 0.373 e. The van der Waals surface area contributed by atoms with Gasteiger partial charge in [0.25, 0.3) is 5.91 Å². The van der Waals surface area contributed by atoms with E-state index in [4.69, 9.17) is 4.74 Å². The van der Waals surface area contributed by atoms with E-state index in [9.17, 15) is 4.79 Å². The van der Waals surface area contributed by atoms with Crippen molar-refractivity contribution < 1.29 is 9.53 Å². The molecule has 3 aromatic rings. The van der Waals surface area contributed by atoms with Crippen molar-refractivity contribution in [2.45, 2.75) is 46.4 Å². The number of thiazole rings is 1. The molecule has 0 bridgehead atoms. The van der Waals surface area contributed by atoms with E-state index in [-0.39, 0.29) is 18.1 Å². The Morgan fingerprint density at radius 3 is 2.55 bits per heavy atom. The molecule has 29 heavy (non-hydrogen) atoms. The van der Waals surface area contributed by atoms with Crippen molar-refractivity contribution in [1.29, 1.82) is 0 Å². The molecular weight excluding hydrogens is 386 g/mol. The maximum Gasteiger partial charge on any atom is 0.257 e. The third-order valence-corrected chi connectivity index (χ3v) is 5.80. The number of benzene rings is 1. The highest BCUT2D eigenvalue weighted by Crippen LogP contribution is 2.21. The molecule has 1 fully saturated rings. The fraction of sp³-hybridized carbons (Fsp3) is 0.429. The molecule has 0 aliphatic carbocycles. The van der Waals surface area contributed by atoms with Crippen LogP contribution >= 0.6 is 11.3 Å². The van der Waals surface area contributed by atoms with E-state index in [1.54, 1.807) is 12.1 Å². The van der Waals surface area contributed by atoms with Crippen molar-refractivity contribution in [3.8, 4) is 0 Å². The number of nitrogens with one attached hydrogen (secondary N) is 1. The van der Waals surface area contributed by atoms with Gasteiger partial charge in [-0.3, -0.25) is 15.0 Å². The van der Waals surface area contributed by atoms with Gasteiger partial charge in [0.05, 0.1) is 40.3 Å². The highest BCUT2D eigenvalue weighted by Gasteiger charge is 2.23. The number of aromatic nitrogens is 3. The summed E-state index contributed by atoms with van der Waals surface area (Å²) in [6.07, 6.45) is 0.444. The van der Waals surface area contributed by atoms with Crippen molar-refractivity contribution in [2.75, 3.05) is 18.4 Å². The molecule has 2 atom stereocenters.